The average Bonchev–Trinajstić information content (AvgIpc) is 2.48. The fourth-order valence-electron chi connectivity index (χ4n) is 1.23. The van der Waals surface area contributed by atoms with Crippen LogP contribution in [0.15, 0.2) is 12.4 Å². The van der Waals surface area contributed by atoms with Crippen LogP contribution >= 0.6 is 0 Å². The molecule has 5 nitrogen and oxygen atoms in total. The normalized spacial score (nSPS) is 11.3. The van der Waals surface area contributed by atoms with Crippen molar-refractivity contribution in [2.75, 3.05) is 7.05 Å². The van der Waals surface area contributed by atoms with E-state index in [0.29, 0.717) is 6.54 Å². The molecule has 1 amide bonds. The predicted molar refractivity (Wildman–Crippen MR) is 60.9 cm³/mol. The van der Waals surface area contributed by atoms with E-state index in [0.717, 1.165) is 5.56 Å². The maximum Gasteiger partial charge on any atom is 0.410 e. The van der Waals surface area contributed by atoms with E-state index in [9.17, 15) is 4.79 Å². The predicted octanol–water partition coefficient (Wildman–Crippen LogP) is 1.79. The average molecular weight is 225 g/mol. The van der Waals surface area contributed by atoms with Crippen LogP contribution in [0.3, 0.4) is 0 Å². The van der Waals surface area contributed by atoms with E-state index in [4.69, 9.17) is 4.74 Å². The lowest BCUT2D eigenvalue weighted by Gasteiger charge is -2.24. The maximum absolute atomic E-state index is 11.6. The van der Waals surface area contributed by atoms with Crippen molar-refractivity contribution < 1.29 is 9.53 Å². The Bertz CT molecular complexity index is 366. The molecule has 0 saturated heterocycles. The van der Waals surface area contributed by atoms with Crippen LogP contribution in [0, 0.1) is 0 Å². The highest BCUT2D eigenvalue weighted by atomic mass is 16.6. The van der Waals surface area contributed by atoms with Gasteiger partial charge in [-0.1, -0.05) is 0 Å². The molecule has 90 valence electrons. The standard InChI is InChI=1S/C11H19N3O2/c1-11(2,3)16-10(15)13(4)7-9-6-12-14(5)8-9/h6,8H,7H2,1-5H3. The third-order valence-corrected chi connectivity index (χ3v) is 1.88. The first kappa shape index (κ1) is 12.5. The maximum atomic E-state index is 11.6. The smallest absolute Gasteiger partial charge is 0.410 e. The fraction of sp³-hybridized carbons (Fsp3) is 0.636. The van der Waals surface area contributed by atoms with Crippen LogP contribution in [0.25, 0.3) is 0 Å². The lowest BCUT2D eigenvalue weighted by Crippen LogP contribution is -2.33. The highest BCUT2D eigenvalue weighted by Crippen LogP contribution is 2.10. The summed E-state index contributed by atoms with van der Waals surface area (Å²) >= 11 is 0. The number of aromatic nitrogens is 2. The van der Waals surface area contributed by atoms with E-state index >= 15 is 0 Å². The lowest BCUT2D eigenvalue weighted by atomic mass is 10.2. The highest BCUT2D eigenvalue weighted by Gasteiger charge is 2.19. The number of carbonyl (C=O) groups excluding carboxylic acids is 1. The molecule has 1 aromatic rings. The summed E-state index contributed by atoms with van der Waals surface area (Å²) in [5.41, 5.74) is 0.524. The van der Waals surface area contributed by atoms with E-state index < -0.39 is 5.60 Å². The van der Waals surface area contributed by atoms with Crippen molar-refractivity contribution in [3.05, 3.63) is 18.0 Å². The van der Waals surface area contributed by atoms with Gasteiger partial charge >= 0.3 is 6.09 Å². The van der Waals surface area contributed by atoms with Gasteiger partial charge < -0.3 is 9.64 Å². The van der Waals surface area contributed by atoms with Crippen molar-refractivity contribution in [2.45, 2.75) is 32.9 Å². The van der Waals surface area contributed by atoms with Crippen LogP contribution in [0.5, 0.6) is 0 Å². The summed E-state index contributed by atoms with van der Waals surface area (Å²) < 4.78 is 6.94. The molecule has 0 spiro atoms. The summed E-state index contributed by atoms with van der Waals surface area (Å²) in [6.07, 6.45) is 3.29. The second kappa shape index (κ2) is 4.55. The number of amides is 1. The van der Waals surface area contributed by atoms with Gasteiger partial charge in [-0.3, -0.25) is 4.68 Å². The molecular formula is C11H19N3O2. The van der Waals surface area contributed by atoms with Gasteiger partial charge in [0.25, 0.3) is 0 Å². The van der Waals surface area contributed by atoms with Crippen molar-refractivity contribution in [1.82, 2.24) is 14.7 Å². The zero-order valence-electron chi connectivity index (χ0n) is 10.5. The number of nitrogens with zero attached hydrogens (tertiary/aromatic N) is 3. The third-order valence-electron chi connectivity index (χ3n) is 1.88. The monoisotopic (exact) mass is 225 g/mol. The number of carbonyl (C=O) groups is 1. The molecule has 0 fully saturated rings. The number of aryl methyl sites for hydroxylation is 1. The molecule has 0 aliphatic carbocycles. The van der Waals surface area contributed by atoms with E-state index in [-0.39, 0.29) is 6.09 Å². The van der Waals surface area contributed by atoms with Gasteiger partial charge in [0.05, 0.1) is 12.7 Å². The number of rotatable bonds is 2. The van der Waals surface area contributed by atoms with Crippen LogP contribution in [0.4, 0.5) is 4.79 Å². The summed E-state index contributed by atoms with van der Waals surface area (Å²) in [5, 5.41) is 4.04. The topological polar surface area (TPSA) is 47.4 Å². The second-order valence-electron chi connectivity index (χ2n) is 4.86. The summed E-state index contributed by atoms with van der Waals surface area (Å²) in [6, 6.07) is 0. The molecule has 0 unspecified atom stereocenters. The molecule has 0 N–H and O–H groups in total. The molecular weight excluding hydrogens is 206 g/mol. The first-order chi connectivity index (χ1) is 7.28. The zero-order chi connectivity index (χ0) is 12.3. The van der Waals surface area contributed by atoms with Crippen LogP contribution in [-0.4, -0.2) is 33.4 Å². The quantitative estimate of drug-likeness (QED) is 0.771. The Hall–Kier alpha value is -1.52. The van der Waals surface area contributed by atoms with Crippen LogP contribution < -0.4 is 0 Å². The van der Waals surface area contributed by atoms with Crippen molar-refractivity contribution in [3.63, 3.8) is 0 Å². The highest BCUT2D eigenvalue weighted by molar-refractivity contribution is 5.67. The van der Waals surface area contributed by atoms with Gasteiger partial charge in [0, 0.05) is 25.9 Å². The minimum Gasteiger partial charge on any atom is -0.444 e. The molecule has 16 heavy (non-hydrogen) atoms. The van der Waals surface area contributed by atoms with E-state index in [1.165, 1.54) is 4.90 Å². The van der Waals surface area contributed by atoms with Crippen LogP contribution in [0.1, 0.15) is 26.3 Å². The Kier molecular flexibility index (Phi) is 3.57. The van der Waals surface area contributed by atoms with Gasteiger partial charge in [0.1, 0.15) is 5.60 Å². The van der Waals surface area contributed by atoms with Crippen LogP contribution in [0.2, 0.25) is 0 Å². The molecule has 0 aromatic carbocycles. The van der Waals surface area contributed by atoms with Crippen molar-refractivity contribution >= 4 is 6.09 Å². The van der Waals surface area contributed by atoms with Gasteiger partial charge in [-0.2, -0.15) is 5.10 Å². The Morgan fingerprint density at radius 2 is 2.19 bits per heavy atom. The van der Waals surface area contributed by atoms with Crippen LogP contribution in [-0.2, 0) is 18.3 Å². The minimum atomic E-state index is -0.458. The van der Waals surface area contributed by atoms with Gasteiger partial charge in [-0.15, -0.1) is 0 Å². The van der Waals surface area contributed by atoms with E-state index in [1.807, 2.05) is 34.0 Å². The molecule has 0 bridgehead atoms. The minimum absolute atomic E-state index is 0.323. The molecule has 0 saturated carbocycles. The van der Waals surface area contributed by atoms with Gasteiger partial charge in [-0.25, -0.2) is 4.79 Å². The van der Waals surface area contributed by atoms with Crippen molar-refractivity contribution in [3.8, 4) is 0 Å². The molecule has 1 heterocycles. The molecule has 0 radical (unpaired) electrons. The number of hydrogen-bond acceptors (Lipinski definition) is 3. The largest absolute Gasteiger partial charge is 0.444 e. The fourth-order valence-corrected chi connectivity index (χ4v) is 1.23. The van der Waals surface area contributed by atoms with Crippen molar-refractivity contribution in [2.24, 2.45) is 7.05 Å². The summed E-state index contributed by atoms with van der Waals surface area (Å²) in [5.74, 6) is 0. The Morgan fingerprint density at radius 1 is 1.56 bits per heavy atom. The second-order valence-corrected chi connectivity index (χ2v) is 4.86. The lowest BCUT2D eigenvalue weighted by molar-refractivity contribution is 0.0285. The van der Waals surface area contributed by atoms with Gasteiger partial charge in [-0.05, 0) is 20.8 Å². The first-order valence-corrected chi connectivity index (χ1v) is 5.19. The Labute approximate surface area is 96.0 Å². The number of ether oxygens (including phenoxy) is 1. The molecule has 5 heteroatoms. The summed E-state index contributed by atoms with van der Waals surface area (Å²) in [6.45, 7) is 6.05. The Balaban J connectivity index is 2.52. The number of hydrogen-bond donors (Lipinski definition) is 0. The molecule has 0 aliphatic rings. The van der Waals surface area contributed by atoms with Gasteiger partial charge in [0.15, 0.2) is 0 Å². The zero-order valence-corrected chi connectivity index (χ0v) is 10.5. The Morgan fingerprint density at radius 3 is 2.62 bits per heavy atom. The molecule has 1 aromatic heterocycles. The first-order valence-electron chi connectivity index (χ1n) is 5.19. The molecule has 0 atom stereocenters. The van der Waals surface area contributed by atoms with E-state index in [1.54, 1.807) is 17.9 Å². The summed E-state index contributed by atoms with van der Waals surface area (Å²) in [4.78, 5) is 13.2. The molecule has 1 rings (SSSR count). The van der Waals surface area contributed by atoms with Crippen molar-refractivity contribution in [1.29, 1.82) is 0 Å². The summed E-state index contributed by atoms with van der Waals surface area (Å²) in [7, 11) is 3.55. The SMILES string of the molecule is CN(Cc1cnn(C)c1)C(=O)OC(C)(C)C. The van der Waals surface area contributed by atoms with Gasteiger partial charge in [0.2, 0.25) is 0 Å². The molecule has 0 aliphatic heterocycles. The van der Waals surface area contributed by atoms with E-state index in [2.05, 4.69) is 5.10 Å². The third kappa shape index (κ3) is 3.92.